The number of nitrogens with one attached hydrogen (secondary N) is 2. The summed E-state index contributed by atoms with van der Waals surface area (Å²) in [7, 11) is 0. The van der Waals surface area contributed by atoms with E-state index in [0.717, 1.165) is 12.1 Å². The van der Waals surface area contributed by atoms with Gasteiger partial charge in [-0.3, -0.25) is 4.57 Å². The summed E-state index contributed by atoms with van der Waals surface area (Å²) in [5, 5.41) is 6.24. The highest BCUT2D eigenvalue weighted by atomic mass is 16.3. The molecule has 2 N–H and O–H groups in total. The number of aromatic nitrogens is 5. The Labute approximate surface area is 121 Å². The van der Waals surface area contributed by atoms with Crippen LogP contribution in [0.2, 0.25) is 0 Å². The second kappa shape index (κ2) is 6.04. The van der Waals surface area contributed by atoms with Crippen LogP contribution in [0.3, 0.4) is 0 Å². The van der Waals surface area contributed by atoms with E-state index in [1.807, 2.05) is 13.0 Å². The van der Waals surface area contributed by atoms with Crippen molar-refractivity contribution in [2.24, 2.45) is 0 Å². The van der Waals surface area contributed by atoms with Gasteiger partial charge < -0.3 is 15.1 Å². The number of rotatable bonds is 6. The molecule has 8 nitrogen and oxygen atoms in total. The van der Waals surface area contributed by atoms with Gasteiger partial charge in [0, 0.05) is 31.0 Å². The van der Waals surface area contributed by atoms with Gasteiger partial charge >= 0.3 is 0 Å². The maximum Gasteiger partial charge on any atom is 0.241 e. The van der Waals surface area contributed by atoms with E-state index >= 15 is 0 Å². The van der Waals surface area contributed by atoms with Gasteiger partial charge in [0.15, 0.2) is 0 Å². The number of imidazole rings is 1. The van der Waals surface area contributed by atoms with E-state index in [1.165, 1.54) is 0 Å². The van der Waals surface area contributed by atoms with Gasteiger partial charge in [0.1, 0.15) is 6.33 Å². The average molecular weight is 285 g/mol. The van der Waals surface area contributed by atoms with Crippen molar-refractivity contribution in [3.63, 3.8) is 0 Å². The van der Waals surface area contributed by atoms with Crippen molar-refractivity contribution in [2.45, 2.75) is 13.5 Å². The summed E-state index contributed by atoms with van der Waals surface area (Å²) in [6.07, 6.45) is 8.41. The summed E-state index contributed by atoms with van der Waals surface area (Å²) in [6.45, 7) is 3.29. The molecule has 8 heteroatoms. The molecule has 3 aromatic heterocycles. The van der Waals surface area contributed by atoms with E-state index in [1.54, 1.807) is 35.8 Å². The number of hydrogen-bond donors (Lipinski definition) is 2. The predicted octanol–water partition coefficient (Wildman–Crippen LogP) is 1.69. The minimum absolute atomic E-state index is 0.492. The van der Waals surface area contributed by atoms with E-state index in [0.29, 0.717) is 24.4 Å². The Kier molecular flexibility index (Phi) is 3.77. The smallest absolute Gasteiger partial charge is 0.241 e. The normalized spacial score (nSPS) is 10.5. The first kappa shape index (κ1) is 13.1. The Balaban J connectivity index is 1.84. The van der Waals surface area contributed by atoms with Gasteiger partial charge in [-0.05, 0) is 13.0 Å². The quantitative estimate of drug-likeness (QED) is 0.711. The third-order valence-electron chi connectivity index (χ3n) is 2.72. The predicted molar refractivity (Wildman–Crippen MR) is 77.1 cm³/mol. The zero-order valence-corrected chi connectivity index (χ0v) is 11.5. The van der Waals surface area contributed by atoms with Crippen molar-refractivity contribution in [1.82, 2.24) is 24.5 Å². The minimum atomic E-state index is 0.492. The van der Waals surface area contributed by atoms with Crippen molar-refractivity contribution >= 4 is 11.9 Å². The summed E-state index contributed by atoms with van der Waals surface area (Å²) in [6, 6.07) is 1.89. The molecular weight excluding hydrogens is 270 g/mol. The second-order valence-electron chi connectivity index (χ2n) is 4.27. The van der Waals surface area contributed by atoms with Crippen LogP contribution in [0, 0.1) is 0 Å². The van der Waals surface area contributed by atoms with E-state index in [4.69, 9.17) is 4.42 Å². The molecule has 0 saturated heterocycles. The fourth-order valence-electron chi connectivity index (χ4n) is 1.75. The number of nitrogens with zero attached hydrogens (tertiary/aromatic N) is 5. The van der Waals surface area contributed by atoms with E-state index < -0.39 is 0 Å². The summed E-state index contributed by atoms with van der Waals surface area (Å²) in [4.78, 5) is 17.0. The molecule has 0 fully saturated rings. The van der Waals surface area contributed by atoms with E-state index in [9.17, 15) is 0 Å². The van der Waals surface area contributed by atoms with Gasteiger partial charge in [-0.15, -0.1) is 0 Å². The molecule has 108 valence electrons. The molecular formula is C13H15N7O. The topological polar surface area (TPSA) is 93.7 Å². The maximum absolute atomic E-state index is 5.03. The number of furan rings is 1. The van der Waals surface area contributed by atoms with Crippen LogP contribution in [0.25, 0.3) is 5.95 Å². The molecule has 0 aliphatic rings. The summed E-state index contributed by atoms with van der Waals surface area (Å²) < 4.78 is 6.76. The van der Waals surface area contributed by atoms with Crippen molar-refractivity contribution in [3.05, 3.63) is 42.9 Å². The molecule has 0 spiro atoms. The summed E-state index contributed by atoms with van der Waals surface area (Å²) in [5.41, 5.74) is 1.02. The van der Waals surface area contributed by atoms with Crippen LogP contribution >= 0.6 is 0 Å². The Hall–Kier alpha value is -2.90. The van der Waals surface area contributed by atoms with Gasteiger partial charge in [0.05, 0.1) is 12.5 Å². The number of anilines is 2. The Morgan fingerprint density at radius 3 is 2.71 bits per heavy atom. The van der Waals surface area contributed by atoms with Crippen LogP contribution in [0.5, 0.6) is 0 Å². The van der Waals surface area contributed by atoms with Crippen molar-refractivity contribution in [1.29, 1.82) is 0 Å². The summed E-state index contributed by atoms with van der Waals surface area (Å²) >= 11 is 0. The minimum Gasteiger partial charge on any atom is -0.472 e. The third-order valence-corrected chi connectivity index (χ3v) is 2.72. The first-order chi connectivity index (χ1) is 10.3. The van der Waals surface area contributed by atoms with E-state index in [2.05, 4.69) is 30.6 Å². The standard InChI is InChI=1S/C13H15N7O/c1-2-15-11-17-12(16-7-10-3-6-21-8-10)19-13(18-11)20-5-4-14-9-20/h3-6,8-9H,2,7H2,1H3,(H2,15,16,17,18,19). The fraction of sp³-hybridized carbons (Fsp3) is 0.231. The molecule has 3 heterocycles. The molecule has 0 aliphatic heterocycles. The molecule has 0 aliphatic carbocycles. The van der Waals surface area contributed by atoms with Crippen LogP contribution in [0.15, 0.2) is 41.7 Å². The van der Waals surface area contributed by atoms with Gasteiger partial charge in [-0.2, -0.15) is 15.0 Å². The maximum atomic E-state index is 5.03. The zero-order valence-electron chi connectivity index (χ0n) is 11.5. The molecule has 0 saturated carbocycles. The lowest BCUT2D eigenvalue weighted by Gasteiger charge is -2.09. The monoisotopic (exact) mass is 285 g/mol. The largest absolute Gasteiger partial charge is 0.472 e. The van der Waals surface area contributed by atoms with Crippen LogP contribution in [-0.2, 0) is 6.54 Å². The highest BCUT2D eigenvalue weighted by Crippen LogP contribution is 2.10. The average Bonchev–Trinajstić information content (AvgIpc) is 3.19. The highest BCUT2D eigenvalue weighted by Gasteiger charge is 2.07. The first-order valence-corrected chi connectivity index (χ1v) is 6.58. The van der Waals surface area contributed by atoms with Gasteiger partial charge in [0.25, 0.3) is 0 Å². The number of hydrogen-bond acceptors (Lipinski definition) is 7. The van der Waals surface area contributed by atoms with Crippen molar-refractivity contribution in [3.8, 4) is 5.95 Å². The third kappa shape index (κ3) is 3.16. The van der Waals surface area contributed by atoms with Crippen molar-refractivity contribution in [2.75, 3.05) is 17.2 Å². The second-order valence-corrected chi connectivity index (χ2v) is 4.27. The molecule has 0 unspecified atom stereocenters. The first-order valence-electron chi connectivity index (χ1n) is 6.58. The molecule has 0 atom stereocenters. The Morgan fingerprint density at radius 1 is 1.19 bits per heavy atom. The van der Waals surface area contributed by atoms with Gasteiger partial charge in [-0.1, -0.05) is 0 Å². The molecule has 21 heavy (non-hydrogen) atoms. The van der Waals surface area contributed by atoms with Crippen LogP contribution in [0.1, 0.15) is 12.5 Å². The zero-order chi connectivity index (χ0) is 14.5. The summed E-state index contributed by atoms with van der Waals surface area (Å²) in [5.74, 6) is 1.52. The Morgan fingerprint density at radius 2 is 2.05 bits per heavy atom. The molecule has 0 radical (unpaired) electrons. The van der Waals surface area contributed by atoms with Gasteiger partial charge in [0.2, 0.25) is 17.8 Å². The van der Waals surface area contributed by atoms with Crippen LogP contribution < -0.4 is 10.6 Å². The molecule has 0 amide bonds. The van der Waals surface area contributed by atoms with E-state index in [-0.39, 0.29) is 0 Å². The molecule has 0 aromatic carbocycles. The lowest BCUT2D eigenvalue weighted by atomic mass is 10.3. The SMILES string of the molecule is CCNc1nc(NCc2ccoc2)nc(-n2ccnc2)n1. The fourth-order valence-corrected chi connectivity index (χ4v) is 1.75. The van der Waals surface area contributed by atoms with Crippen LogP contribution in [-0.4, -0.2) is 31.0 Å². The molecule has 3 rings (SSSR count). The lowest BCUT2D eigenvalue weighted by molar-refractivity contribution is 0.564. The molecule has 3 aromatic rings. The van der Waals surface area contributed by atoms with Crippen molar-refractivity contribution < 1.29 is 4.42 Å². The highest BCUT2D eigenvalue weighted by molar-refractivity contribution is 5.38. The van der Waals surface area contributed by atoms with Gasteiger partial charge in [-0.25, -0.2) is 4.98 Å². The lowest BCUT2D eigenvalue weighted by Crippen LogP contribution is -2.11. The molecule has 0 bridgehead atoms. The van der Waals surface area contributed by atoms with Crippen LogP contribution in [0.4, 0.5) is 11.9 Å². The Bertz CT molecular complexity index is 679.